The second kappa shape index (κ2) is 5.53. The van der Waals surface area contributed by atoms with E-state index in [0.29, 0.717) is 0 Å². The average Bonchev–Trinajstić information content (AvgIpc) is 2.26. The van der Waals surface area contributed by atoms with Crippen molar-refractivity contribution in [3.8, 4) is 0 Å². The molecule has 1 heterocycles. The van der Waals surface area contributed by atoms with Gasteiger partial charge in [0.1, 0.15) is 0 Å². The van der Waals surface area contributed by atoms with Crippen LogP contribution in [-0.4, -0.2) is 36.1 Å². The molecule has 0 aromatic carbocycles. The minimum atomic E-state index is -4.28. The quantitative estimate of drug-likeness (QED) is 0.789. The van der Waals surface area contributed by atoms with Crippen molar-refractivity contribution in [1.29, 1.82) is 0 Å². The van der Waals surface area contributed by atoms with Crippen molar-refractivity contribution in [2.45, 2.75) is 45.8 Å². The number of amides is 1. The van der Waals surface area contributed by atoms with Gasteiger partial charge in [0, 0.05) is 31.1 Å². The first-order chi connectivity index (χ1) is 8.51. The molecular formula is C13H21F3N2O. The van der Waals surface area contributed by atoms with Crippen LogP contribution in [-0.2, 0) is 4.79 Å². The van der Waals surface area contributed by atoms with E-state index in [4.69, 9.17) is 5.73 Å². The summed E-state index contributed by atoms with van der Waals surface area (Å²) in [5.74, 6) is -0.181. The van der Waals surface area contributed by atoms with Crippen LogP contribution in [0.5, 0.6) is 0 Å². The number of carbonyl (C=O) groups is 1. The Morgan fingerprint density at radius 3 is 2.37 bits per heavy atom. The molecule has 110 valence electrons. The summed E-state index contributed by atoms with van der Waals surface area (Å²) in [7, 11) is 0. The van der Waals surface area contributed by atoms with Crippen molar-refractivity contribution in [2.24, 2.45) is 11.1 Å². The van der Waals surface area contributed by atoms with Crippen LogP contribution in [0.4, 0.5) is 13.2 Å². The van der Waals surface area contributed by atoms with E-state index in [2.05, 4.69) is 0 Å². The maximum atomic E-state index is 12.4. The van der Waals surface area contributed by atoms with Gasteiger partial charge in [-0.25, -0.2) is 0 Å². The Balaban J connectivity index is 2.57. The Kier molecular flexibility index (Phi) is 4.66. The maximum Gasteiger partial charge on any atom is 0.412 e. The minimum absolute atomic E-state index is 0.0184. The van der Waals surface area contributed by atoms with Gasteiger partial charge in [0.15, 0.2) is 0 Å². The maximum absolute atomic E-state index is 12.4. The van der Waals surface area contributed by atoms with E-state index >= 15 is 0 Å². The zero-order chi connectivity index (χ0) is 14.8. The fourth-order valence-corrected chi connectivity index (χ4v) is 1.78. The molecule has 0 saturated heterocycles. The SMILES string of the molecule is CC(C)(C)C(N)CC(=O)N1CC=C(C(F)(F)F)CC1. The fraction of sp³-hybridized carbons (Fsp3) is 0.769. The zero-order valence-corrected chi connectivity index (χ0v) is 11.5. The third-order valence-corrected chi connectivity index (χ3v) is 3.43. The molecule has 6 heteroatoms. The summed E-state index contributed by atoms with van der Waals surface area (Å²) in [6.07, 6.45) is -3.17. The predicted molar refractivity (Wildman–Crippen MR) is 67.4 cm³/mol. The summed E-state index contributed by atoms with van der Waals surface area (Å²) >= 11 is 0. The topological polar surface area (TPSA) is 46.3 Å². The predicted octanol–water partition coefficient (Wildman–Crippen LogP) is 2.47. The van der Waals surface area contributed by atoms with Crippen molar-refractivity contribution in [3.05, 3.63) is 11.6 Å². The van der Waals surface area contributed by atoms with Gasteiger partial charge in [-0.3, -0.25) is 4.79 Å². The van der Waals surface area contributed by atoms with Crippen LogP contribution in [0, 0.1) is 5.41 Å². The molecule has 1 atom stereocenters. The first kappa shape index (κ1) is 16.0. The molecule has 0 aliphatic carbocycles. The molecule has 0 spiro atoms. The van der Waals surface area contributed by atoms with Crippen LogP contribution in [0.15, 0.2) is 11.6 Å². The number of alkyl halides is 3. The van der Waals surface area contributed by atoms with Gasteiger partial charge in [0.05, 0.1) is 0 Å². The molecule has 2 N–H and O–H groups in total. The number of nitrogens with zero attached hydrogens (tertiary/aromatic N) is 1. The summed E-state index contributed by atoms with van der Waals surface area (Å²) in [6.45, 7) is 5.93. The molecule has 1 rings (SSSR count). The third kappa shape index (κ3) is 4.53. The number of carbonyl (C=O) groups excluding carboxylic acids is 1. The van der Waals surface area contributed by atoms with Crippen molar-refractivity contribution in [1.82, 2.24) is 4.90 Å². The molecule has 0 fully saturated rings. The van der Waals surface area contributed by atoms with Gasteiger partial charge in [-0.2, -0.15) is 13.2 Å². The van der Waals surface area contributed by atoms with Gasteiger partial charge in [-0.15, -0.1) is 0 Å². The highest BCUT2D eigenvalue weighted by atomic mass is 19.4. The fourth-order valence-electron chi connectivity index (χ4n) is 1.78. The molecule has 1 aliphatic rings. The Bertz CT molecular complexity index is 369. The monoisotopic (exact) mass is 278 g/mol. The van der Waals surface area contributed by atoms with Crippen LogP contribution < -0.4 is 5.73 Å². The van der Waals surface area contributed by atoms with E-state index in [1.54, 1.807) is 0 Å². The Hall–Kier alpha value is -1.04. The Labute approximate surface area is 111 Å². The second-order valence-corrected chi connectivity index (χ2v) is 5.99. The molecule has 0 saturated carbocycles. The van der Waals surface area contributed by atoms with Crippen LogP contribution in [0.1, 0.15) is 33.6 Å². The van der Waals surface area contributed by atoms with E-state index < -0.39 is 11.7 Å². The molecule has 1 unspecified atom stereocenters. The zero-order valence-electron chi connectivity index (χ0n) is 11.5. The largest absolute Gasteiger partial charge is 0.412 e. The van der Waals surface area contributed by atoms with Gasteiger partial charge in [-0.05, 0) is 11.8 Å². The lowest BCUT2D eigenvalue weighted by atomic mass is 9.85. The average molecular weight is 278 g/mol. The number of rotatable bonds is 2. The van der Waals surface area contributed by atoms with Gasteiger partial charge in [0.2, 0.25) is 5.91 Å². The van der Waals surface area contributed by atoms with Crippen molar-refractivity contribution < 1.29 is 18.0 Å². The van der Waals surface area contributed by atoms with Crippen LogP contribution in [0.2, 0.25) is 0 Å². The summed E-state index contributed by atoms with van der Waals surface area (Å²) in [5.41, 5.74) is 5.17. The second-order valence-electron chi connectivity index (χ2n) is 5.99. The van der Waals surface area contributed by atoms with Gasteiger partial charge < -0.3 is 10.6 Å². The molecule has 3 nitrogen and oxygen atoms in total. The van der Waals surface area contributed by atoms with E-state index in [-0.39, 0.29) is 43.3 Å². The Morgan fingerprint density at radius 2 is 2.00 bits per heavy atom. The smallest absolute Gasteiger partial charge is 0.339 e. The number of nitrogens with two attached hydrogens (primary N) is 1. The normalized spacial score (nSPS) is 19.1. The van der Waals surface area contributed by atoms with Gasteiger partial charge >= 0.3 is 6.18 Å². The summed E-state index contributed by atoms with van der Waals surface area (Å²) in [4.78, 5) is 13.4. The molecule has 1 amide bonds. The summed E-state index contributed by atoms with van der Waals surface area (Å²) in [5, 5.41) is 0. The standard InChI is InChI=1S/C13H21F3N2O/c1-12(2,3)10(17)8-11(19)18-6-4-9(5-7-18)13(14,15)16/h4,10H,5-8,17H2,1-3H3. The highest BCUT2D eigenvalue weighted by molar-refractivity contribution is 5.77. The van der Waals surface area contributed by atoms with Crippen molar-refractivity contribution in [3.63, 3.8) is 0 Å². The molecule has 1 aliphatic heterocycles. The number of hydrogen-bond donors (Lipinski definition) is 1. The van der Waals surface area contributed by atoms with Crippen molar-refractivity contribution in [2.75, 3.05) is 13.1 Å². The van der Waals surface area contributed by atoms with E-state index in [1.807, 2.05) is 20.8 Å². The van der Waals surface area contributed by atoms with E-state index in [9.17, 15) is 18.0 Å². The Morgan fingerprint density at radius 1 is 1.42 bits per heavy atom. The minimum Gasteiger partial charge on any atom is -0.339 e. The third-order valence-electron chi connectivity index (χ3n) is 3.43. The summed E-state index contributed by atoms with van der Waals surface area (Å²) in [6, 6.07) is -0.298. The lowest BCUT2D eigenvalue weighted by molar-refractivity contribution is -0.133. The van der Waals surface area contributed by atoms with Crippen LogP contribution >= 0.6 is 0 Å². The van der Waals surface area contributed by atoms with Crippen LogP contribution in [0.25, 0.3) is 0 Å². The van der Waals surface area contributed by atoms with E-state index in [0.717, 1.165) is 6.08 Å². The van der Waals surface area contributed by atoms with Gasteiger partial charge in [0.25, 0.3) is 0 Å². The number of halogens is 3. The molecular weight excluding hydrogens is 257 g/mol. The first-order valence-corrected chi connectivity index (χ1v) is 6.31. The van der Waals surface area contributed by atoms with Gasteiger partial charge in [-0.1, -0.05) is 26.8 Å². The first-order valence-electron chi connectivity index (χ1n) is 6.31. The number of hydrogen-bond acceptors (Lipinski definition) is 2. The highest BCUT2D eigenvalue weighted by Crippen LogP contribution is 2.30. The van der Waals surface area contributed by atoms with E-state index in [1.165, 1.54) is 4.90 Å². The highest BCUT2D eigenvalue weighted by Gasteiger charge is 2.35. The lowest BCUT2D eigenvalue weighted by Crippen LogP contribution is -2.43. The molecule has 0 bridgehead atoms. The molecule has 19 heavy (non-hydrogen) atoms. The lowest BCUT2D eigenvalue weighted by Gasteiger charge is -2.31. The van der Waals surface area contributed by atoms with Crippen molar-refractivity contribution >= 4 is 5.91 Å². The van der Waals surface area contributed by atoms with Crippen LogP contribution in [0.3, 0.4) is 0 Å². The molecule has 0 radical (unpaired) electrons. The molecule has 0 aromatic rings. The molecule has 0 aromatic heterocycles. The summed E-state index contributed by atoms with van der Waals surface area (Å²) < 4.78 is 37.3.